The average molecular weight is 277 g/mol. The zero-order valence-corrected chi connectivity index (χ0v) is 11.3. The van der Waals surface area contributed by atoms with Crippen molar-refractivity contribution in [2.45, 2.75) is 32.1 Å². The summed E-state index contributed by atoms with van der Waals surface area (Å²) in [7, 11) is 0. The molecule has 1 aliphatic rings. The van der Waals surface area contributed by atoms with Gasteiger partial charge in [0.05, 0.1) is 0 Å². The van der Waals surface area contributed by atoms with Crippen molar-refractivity contribution in [2.75, 3.05) is 11.4 Å². The third kappa shape index (κ3) is 3.50. The summed E-state index contributed by atoms with van der Waals surface area (Å²) < 4.78 is 0. The second-order valence-corrected chi connectivity index (χ2v) is 5.17. The molecule has 0 aromatic heterocycles. The summed E-state index contributed by atoms with van der Waals surface area (Å²) in [6, 6.07) is 6.05. The quantitative estimate of drug-likeness (QED) is 0.885. The van der Waals surface area contributed by atoms with E-state index in [1.165, 1.54) is 17.0 Å². The fourth-order valence-corrected chi connectivity index (χ4v) is 2.63. The van der Waals surface area contributed by atoms with Crippen LogP contribution < -0.4 is 4.90 Å². The number of hydrogen-bond acceptors (Lipinski definition) is 3. The molecule has 108 valence electrons. The van der Waals surface area contributed by atoms with Crippen LogP contribution in [-0.4, -0.2) is 28.6 Å². The predicted octanol–water partition coefficient (Wildman–Crippen LogP) is 2.39. The normalized spacial score (nSPS) is 15.8. The fraction of sp³-hybridized carbons (Fsp3) is 0.467. The standard InChI is InChI=1S/C15H19NO4/c17-13-8-6-12(7-9-13)16(10-14(18)19)15(20)11-4-2-1-3-5-11/h6-9,11,17H,1-5,10H2,(H,18,19). The largest absolute Gasteiger partial charge is 0.508 e. The van der Waals surface area contributed by atoms with E-state index < -0.39 is 5.97 Å². The molecule has 5 nitrogen and oxygen atoms in total. The van der Waals surface area contributed by atoms with Crippen molar-refractivity contribution in [2.24, 2.45) is 5.92 Å². The van der Waals surface area contributed by atoms with Crippen LogP contribution in [-0.2, 0) is 9.59 Å². The van der Waals surface area contributed by atoms with Crippen LogP contribution in [0.25, 0.3) is 0 Å². The number of hydrogen-bond donors (Lipinski definition) is 2. The van der Waals surface area contributed by atoms with E-state index in [-0.39, 0.29) is 24.1 Å². The Balaban J connectivity index is 2.19. The lowest BCUT2D eigenvalue weighted by Gasteiger charge is -2.28. The first-order valence-corrected chi connectivity index (χ1v) is 6.90. The van der Waals surface area contributed by atoms with E-state index in [0.717, 1.165) is 32.1 Å². The number of carbonyl (C=O) groups excluding carboxylic acids is 1. The molecule has 1 saturated carbocycles. The Hall–Kier alpha value is -2.04. The molecular formula is C15H19NO4. The topological polar surface area (TPSA) is 77.8 Å². The maximum absolute atomic E-state index is 12.5. The van der Waals surface area contributed by atoms with Gasteiger partial charge in [-0.15, -0.1) is 0 Å². The minimum absolute atomic E-state index is 0.0862. The van der Waals surface area contributed by atoms with Crippen LogP contribution in [0.5, 0.6) is 5.75 Å². The summed E-state index contributed by atoms with van der Waals surface area (Å²) in [6.45, 7) is -0.347. The first-order valence-electron chi connectivity index (χ1n) is 6.90. The van der Waals surface area contributed by atoms with Gasteiger partial charge in [0.2, 0.25) is 5.91 Å². The highest BCUT2D eigenvalue weighted by atomic mass is 16.4. The number of aromatic hydroxyl groups is 1. The number of amides is 1. The molecule has 2 rings (SSSR count). The minimum Gasteiger partial charge on any atom is -0.508 e. The monoisotopic (exact) mass is 277 g/mol. The smallest absolute Gasteiger partial charge is 0.323 e. The first-order chi connectivity index (χ1) is 9.58. The Bertz CT molecular complexity index is 477. The zero-order chi connectivity index (χ0) is 14.5. The molecule has 1 aliphatic carbocycles. The molecule has 0 unspecified atom stereocenters. The third-order valence-electron chi connectivity index (χ3n) is 3.68. The van der Waals surface area contributed by atoms with Crippen LogP contribution in [0.4, 0.5) is 5.69 Å². The van der Waals surface area contributed by atoms with Crippen molar-refractivity contribution >= 4 is 17.6 Å². The number of benzene rings is 1. The van der Waals surface area contributed by atoms with Crippen molar-refractivity contribution < 1.29 is 19.8 Å². The molecule has 1 aromatic carbocycles. The molecule has 5 heteroatoms. The van der Waals surface area contributed by atoms with E-state index in [1.807, 2.05) is 0 Å². The molecule has 1 aromatic rings. The summed E-state index contributed by atoms with van der Waals surface area (Å²) in [6.07, 6.45) is 4.84. The van der Waals surface area contributed by atoms with Gasteiger partial charge in [-0.2, -0.15) is 0 Å². The predicted molar refractivity (Wildman–Crippen MR) is 74.7 cm³/mol. The van der Waals surface area contributed by atoms with Crippen molar-refractivity contribution in [3.8, 4) is 5.75 Å². The highest BCUT2D eigenvalue weighted by molar-refractivity contribution is 5.98. The van der Waals surface area contributed by atoms with Crippen molar-refractivity contribution in [3.63, 3.8) is 0 Å². The molecule has 0 bridgehead atoms. The summed E-state index contributed by atoms with van der Waals surface area (Å²) in [5.74, 6) is -1.16. The Morgan fingerprint density at radius 2 is 1.70 bits per heavy atom. The highest BCUT2D eigenvalue weighted by Crippen LogP contribution is 2.28. The van der Waals surface area contributed by atoms with E-state index in [2.05, 4.69) is 0 Å². The van der Waals surface area contributed by atoms with E-state index in [0.29, 0.717) is 5.69 Å². The minimum atomic E-state index is -1.04. The molecule has 20 heavy (non-hydrogen) atoms. The maximum atomic E-state index is 12.5. The number of phenols is 1. The van der Waals surface area contributed by atoms with Crippen LogP contribution in [0.3, 0.4) is 0 Å². The summed E-state index contributed by atoms with van der Waals surface area (Å²) in [5.41, 5.74) is 0.515. The second kappa shape index (κ2) is 6.41. The number of carboxylic acid groups (broad SMARTS) is 1. The van der Waals surface area contributed by atoms with Gasteiger partial charge in [0.15, 0.2) is 0 Å². The van der Waals surface area contributed by atoms with E-state index in [9.17, 15) is 14.7 Å². The molecule has 1 amide bonds. The molecule has 2 N–H and O–H groups in total. The number of carbonyl (C=O) groups is 2. The number of anilines is 1. The van der Waals surface area contributed by atoms with Gasteiger partial charge in [-0.05, 0) is 37.1 Å². The number of aliphatic carboxylic acids is 1. The molecular weight excluding hydrogens is 258 g/mol. The molecule has 0 heterocycles. The van der Waals surface area contributed by atoms with Gasteiger partial charge in [-0.25, -0.2) is 0 Å². The number of carboxylic acids is 1. The molecule has 0 radical (unpaired) electrons. The van der Waals surface area contributed by atoms with Crippen LogP contribution in [0, 0.1) is 5.92 Å². The number of nitrogens with zero attached hydrogens (tertiary/aromatic N) is 1. The molecule has 0 spiro atoms. The Morgan fingerprint density at radius 1 is 1.10 bits per heavy atom. The Morgan fingerprint density at radius 3 is 2.25 bits per heavy atom. The molecule has 0 saturated heterocycles. The summed E-state index contributed by atoms with van der Waals surface area (Å²) in [5, 5.41) is 18.3. The van der Waals surface area contributed by atoms with E-state index in [4.69, 9.17) is 5.11 Å². The number of rotatable bonds is 4. The van der Waals surface area contributed by atoms with Gasteiger partial charge in [-0.3, -0.25) is 9.59 Å². The van der Waals surface area contributed by atoms with Gasteiger partial charge < -0.3 is 15.1 Å². The second-order valence-electron chi connectivity index (χ2n) is 5.17. The highest BCUT2D eigenvalue weighted by Gasteiger charge is 2.28. The Kier molecular flexibility index (Phi) is 4.61. The van der Waals surface area contributed by atoms with Crippen LogP contribution in [0.15, 0.2) is 24.3 Å². The molecule has 1 fully saturated rings. The van der Waals surface area contributed by atoms with Crippen molar-refractivity contribution in [1.82, 2.24) is 0 Å². The van der Waals surface area contributed by atoms with Crippen LogP contribution >= 0.6 is 0 Å². The average Bonchev–Trinajstić information content (AvgIpc) is 2.46. The summed E-state index contributed by atoms with van der Waals surface area (Å²) >= 11 is 0. The van der Waals surface area contributed by atoms with Crippen LogP contribution in [0.2, 0.25) is 0 Å². The first kappa shape index (κ1) is 14.4. The van der Waals surface area contributed by atoms with E-state index >= 15 is 0 Å². The maximum Gasteiger partial charge on any atom is 0.323 e. The lowest BCUT2D eigenvalue weighted by molar-refractivity contribution is -0.137. The Labute approximate surface area is 117 Å². The summed E-state index contributed by atoms with van der Waals surface area (Å²) in [4.78, 5) is 24.8. The lowest BCUT2D eigenvalue weighted by atomic mass is 9.88. The molecule has 0 atom stereocenters. The lowest BCUT2D eigenvalue weighted by Crippen LogP contribution is -2.40. The van der Waals surface area contributed by atoms with Crippen molar-refractivity contribution in [1.29, 1.82) is 0 Å². The zero-order valence-electron chi connectivity index (χ0n) is 11.3. The van der Waals surface area contributed by atoms with Crippen molar-refractivity contribution in [3.05, 3.63) is 24.3 Å². The van der Waals surface area contributed by atoms with Gasteiger partial charge in [0.1, 0.15) is 12.3 Å². The van der Waals surface area contributed by atoms with Gasteiger partial charge in [-0.1, -0.05) is 19.3 Å². The number of phenolic OH excluding ortho intramolecular Hbond substituents is 1. The van der Waals surface area contributed by atoms with Gasteiger partial charge in [0, 0.05) is 11.6 Å². The SMILES string of the molecule is O=C(O)CN(C(=O)C1CCCCC1)c1ccc(O)cc1. The molecule has 0 aliphatic heterocycles. The van der Waals surface area contributed by atoms with E-state index in [1.54, 1.807) is 12.1 Å². The van der Waals surface area contributed by atoms with Gasteiger partial charge >= 0.3 is 5.97 Å². The van der Waals surface area contributed by atoms with Crippen LogP contribution in [0.1, 0.15) is 32.1 Å². The fourth-order valence-electron chi connectivity index (χ4n) is 2.63. The third-order valence-corrected chi connectivity index (χ3v) is 3.68. The van der Waals surface area contributed by atoms with Gasteiger partial charge in [0.25, 0.3) is 0 Å².